The van der Waals surface area contributed by atoms with Crippen LogP contribution in [0.3, 0.4) is 0 Å². The van der Waals surface area contributed by atoms with Crippen LogP contribution in [0.2, 0.25) is 5.02 Å². The summed E-state index contributed by atoms with van der Waals surface area (Å²) in [5, 5.41) is 4.00. The van der Waals surface area contributed by atoms with Crippen molar-refractivity contribution in [2.24, 2.45) is 0 Å². The van der Waals surface area contributed by atoms with Gasteiger partial charge in [-0.25, -0.2) is 0 Å². The number of halogens is 2. The van der Waals surface area contributed by atoms with Gasteiger partial charge in [0.15, 0.2) is 0 Å². The molecule has 0 fully saturated rings. The summed E-state index contributed by atoms with van der Waals surface area (Å²) in [7, 11) is 0. The summed E-state index contributed by atoms with van der Waals surface area (Å²) in [4.78, 5) is 12.3. The van der Waals surface area contributed by atoms with Gasteiger partial charge in [-0.05, 0) is 29.3 Å². The van der Waals surface area contributed by atoms with Crippen LogP contribution in [0.4, 0.5) is 5.69 Å². The van der Waals surface area contributed by atoms with Gasteiger partial charge in [-0.1, -0.05) is 51.8 Å². The van der Waals surface area contributed by atoms with E-state index < -0.39 is 0 Å². The van der Waals surface area contributed by atoms with Gasteiger partial charge in [-0.3, -0.25) is 4.79 Å². The third-order valence-electron chi connectivity index (χ3n) is 3.82. The highest BCUT2D eigenvalue weighted by Crippen LogP contribution is 2.33. The Morgan fingerprint density at radius 1 is 1.29 bits per heavy atom. The third kappa shape index (κ3) is 3.30. The maximum absolute atomic E-state index is 12.3. The van der Waals surface area contributed by atoms with Crippen molar-refractivity contribution in [3.63, 3.8) is 0 Å². The number of benzene rings is 2. The second-order valence-electron chi connectivity index (χ2n) is 5.32. The first-order chi connectivity index (χ1) is 10.1. The number of hydrogen-bond acceptors (Lipinski definition) is 2. The standard InChI is InChI=1S/C17H15BrClNO/c18-13-6-5-11(16(19)9-13)7-14(21)8-12-10-20-17-4-2-1-3-15(12)17/h1-6,9,12,20H,7-8,10H2. The van der Waals surface area contributed by atoms with E-state index in [0.29, 0.717) is 17.9 Å². The van der Waals surface area contributed by atoms with Crippen LogP contribution in [0.15, 0.2) is 46.9 Å². The molecule has 1 atom stereocenters. The fourth-order valence-corrected chi connectivity index (χ4v) is 3.50. The van der Waals surface area contributed by atoms with Crippen molar-refractivity contribution >= 4 is 39.0 Å². The zero-order valence-corrected chi connectivity index (χ0v) is 13.7. The van der Waals surface area contributed by atoms with Gasteiger partial charge in [0.25, 0.3) is 0 Å². The number of ketones is 1. The molecule has 1 unspecified atom stereocenters. The first-order valence-corrected chi connectivity index (χ1v) is 8.09. The Bertz CT molecular complexity index is 686. The van der Waals surface area contributed by atoms with Crippen LogP contribution in [0.5, 0.6) is 0 Å². The van der Waals surface area contributed by atoms with E-state index in [0.717, 1.165) is 22.3 Å². The van der Waals surface area contributed by atoms with E-state index in [-0.39, 0.29) is 11.7 Å². The second kappa shape index (κ2) is 6.20. The van der Waals surface area contributed by atoms with E-state index in [1.54, 1.807) is 0 Å². The number of carbonyl (C=O) groups is 1. The molecular weight excluding hydrogens is 350 g/mol. The highest BCUT2D eigenvalue weighted by Gasteiger charge is 2.24. The SMILES string of the molecule is O=C(Cc1ccc(Br)cc1Cl)CC1CNc2ccccc21. The molecule has 0 saturated heterocycles. The van der Waals surface area contributed by atoms with Crippen LogP contribution >= 0.6 is 27.5 Å². The first kappa shape index (κ1) is 14.6. The van der Waals surface area contributed by atoms with Crippen LogP contribution in [0.25, 0.3) is 0 Å². The zero-order valence-electron chi connectivity index (χ0n) is 11.4. The van der Waals surface area contributed by atoms with E-state index in [9.17, 15) is 4.79 Å². The lowest BCUT2D eigenvalue weighted by Crippen LogP contribution is -2.11. The molecule has 0 radical (unpaired) electrons. The number of anilines is 1. The molecule has 1 heterocycles. The quantitative estimate of drug-likeness (QED) is 0.843. The number of carbonyl (C=O) groups excluding carboxylic acids is 1. The third-order valence-corrected chi connectivity index (χ3v) is 4.66. The van der Waals surface area contributed by atoms with Gasteiger partial charge < -0.3 is 5.32 Å². The molecule has 108 valence electrons. The van der Waals surface area contributed by atoms with Crippen molar-refractivity contribution in [3.05, 3.63) is 63.1 Å². The molecule has 0 bridgehead atoms. The number of fused-ring (bicyclic) bond motifs is 1. The minimum Gasteiger partial charge on any atom is -0.384 e. The maximum Gasteiger partial charge on any atom is 0.138 e. The summed E-state index contributed by atoms with van der Waals surface area (Å²) in [5.41, 5.74) is 3.29. The van der Waals surface area contributed by atoms with E-state index in [1.807, 2.05) is 30.3 Å². The van der Waals surface area contributed by atoms with Crippen LogP contribution in [0.1, 0.15) is 23.5 Å². The Morgan fingerprint density at radius 2 is 2.10 bits per heavy atom. The molecule has 0 amide bonds. The Balaban J connectivity index is 1.68. The highest BCUT2D eigenvalue weighted by molar-refractivity contribution is 9.10. The maximum atomic E-state index is 12.3. The number of hydrogen-bond donors (Lipinski definition) is 1. The van der Waals surface area contributed by atoms with Gasteiger partial charge in [0.2, 0.25) is 0 Å². The van der Waals surface area contributed by atoms with E-state index in [4.69, 9.17) is 11.6 Å². The molecular formula is C17H15BrClNO. The Labute approximate surface area is 137 Å². The largest absolute Gasteiger partial charge is 0.384 e. The summed E-state index contributed by atoms with van der Waals surface area (Å²) in [5.74, 6) is 0.491. The minimum atomic E-state index is 0.225. The molecule has 0 spiro atoms. The molecule has 0 saturated carbocycles. The summed E-state index contributed by atoms with van der Waals surface area (Å²) in [6.45, 7) is 0.832. The van der Waals surface area contributed by atoms with Gasteiger partial charge in [-0.2, -0.15) is 0 Å². The van der Waals surface area contributed by atoms with Gasteiger partial charge in [0.1, 0.15) is 5.78 Å². The fraction of sp³-hybridized carbons (Fsp3) is 0.235. The average molecular weight is 365 g/mol. The molecule has 21 heavy (non-hydrogen) atoms. The minimum absolute atomic E-state index is 0.225. The van der Waals surface area contributed by atoms with Crippen molar-refractivity contribution in [3.8, 4) is 0 Å². The van der Waals surface area contributed by atoms with E-state index in [1.165, 1.54) is 5.56 Å². The summed E-state index contributed by atoms with van der Waals surface area (Å²) >= 11 is 9.55. The van der Waals surface area contributed by atoms with Crippen molar-refractivity contribution in [1.29, 1.82) is 0 Å². The molecule has 1 aliphatic rings. The van der Waals surface area contributed by atoms with Crippen LogP contribution in [-0.4, -0.2) is 12.3 Å². The summed E-state index contributed by atoms with van der Waals surface area (Å²) < 4.78 is 0.928. The zero-order chi connectivity index (χ0) is 14.8. The van der Waals surface area contributed by atoms with Crippen LogP contribution in [-0.2, 0) is 11.2 Å². The van der Waals surface area contributed by atoms with Gasteiger partial charge in [0, 0.05) is 40.5 Å². The molecule has 2 aromatic rings. The average Bonchev–Trinajstić information content (AvgIpc) is 2.85. The Hall–Kier alpha value is -1.32. The predicted octanol–water partition coefficient (Wildman–Crippen LogP) is 4.81. The van der Waals surface area contributed by atoms with Crippen molar-refractivity contribution in [2.75, 3.05) is 11.9 Å². The van der Waals surface area contributed by atoms with E-state index >= 15 is 0 Å². The van der Waals surface area contributed by atoms with Crippen LogP contribution < -0.4 is 5.32 Å². The monoisotopic (exact) mass is 363 g/mol. The first-order valence-electron chi connectivity index (χ1n) is 6.92. The number of para-hydroxylation sites is 1. The number of rotatable bonds is 4. The summed E-state index contributed by atoms with van der Waals surface area (Å²) in [6, 6.07) is 13.8. The molecule has 3 rings (SSSR count). The van der Waals surface area contributed by atoms with Gasteiger partial charge in [-0.15, -0.1) is 0 Å². The molecule has 1 aliphatic heterocycles. The van der Waals surface area contributed by atoms with Crippen molar-refractivity contribution in [2.45, 2.75) is 18.8 Å². The fourth-order valence-electron chi connectivity index (χ4n) is 2.76. The lowest BCUT2D eigenvalue weighted by Gasteiger charge is -2.10. The van der Waals surface area contributed by atoms with Crippen LogP contribution in [0, 0.1) is 0 Å². The Kier molecular flexibility index (Phi) is 4.32. The lowest BCUT2D eigenvalue weighted by molar-refractivity contribution is -0.118. The molecule has 2 aromatic carbocycles. The predicted molar refractivity (Wildman–Crippen MR) is 90.2 cm³/mol. The Morgan fingerprint density at radius 3 is 2.90 bits per heavy atom. The number of nitrogens with one attached hydrogen (secondary N) is 1. The topological polar surface area (TPSA) is 29.1 Å². The molecule has 2 nitrogen and oxygen atoms in total. The molecule has 0 aliphatic carbocycles. The lowest BCUT2D eigenvalue weighted by atomic mass is 9.93. The smallest absolute Gasteiger partial charge is 0.138 e. The number of Topliss-reactive ketones (excluding diaryl/α,β-unsaturated/α-hetero) is 1. The van der Waals surface area contributed by atoms with Crippen molar-refractivity contribution < 1.29 is 4.79 Å². The molecule has 4 heteroatoms. The highest BCUT2D eigenvalue weighted by atomic mass is 79.9. The van der Waals surface area contributed by atoms with Gasteiger partial charge in [0.05, 0.1) is 0 Å². The van der Waals surface area contributed by atoms with E-state index in [2.05, 4.69) is 33.4 Å². The van der Waals surface area contributed by atoms with Crippen molar-refractivity contribution in [1.82, 2.24) is 0 Å². The van der Waals surface area contributed by atoms with Gasteiger partial charge >= 0.3 is 0 Å². The second-order valence-corrected chi connectivity index (χ2v) is 6.64. The normalized spacial score (nSPS) is 16.4. The molecule has 1 N–H and O–H groups in total. The molecule has 0 aromatic heterocycles. The summed E-state index contributed by atoms with van der Waals surface area (Å²) in [6.07, 6.45) is 0.946.